The van der Waals surface area contributed by atoms with Crippen molar-refractivity contribution in [1.29, 1.82) is 0 Å². The van der Waals surface area contributed by atoms with Gasteiger partial charge in [0.25, 0.3) is 5.56 Å². The molecule has 8 heteroatoms. The Morgan fingerprint density at radius 3 is 2.82 bits per heavy atom. The molecule has 0 bridgehead atoms. The van der Waals surface area contributed by atoms with Crippen molar-refractivity contribution in [2.45, 2.75) is 13.3 Å². The van der Waals surface area contributed by atoms with E-state index in [9.17, 15) is 4.79 Å². The Labute approximate surface area is 195 Å². The van der Waals surface area contributed by atoms with E-state index in [0.717, 1.165) is 29.0 Å². The van der Waals surface area contributed by atoms with Crippen LogP contribution in [-0.2, 0) is 0 Å². The van der Waals surface area contributed by atoms with Gasteiger partial charge in [-0.25, -0.2) is 9.97 Å². The van der Waals surface area contributed by atoms with Crippen molar-refractivity contribution < 1.29 is 4.74 Å². The number of ether oxygens (including phenoxy) is 1. The first kappa shape index (κ1) is 21.2. The van der Waals surface area contributed by atoms with Gasteiger partial charge in [-0.05, 0) is 65.4 Å². The third kappa shape index (κ3) is 4.34. The highest BCUT2D eigenvalue weighted by Crippen LogP contribution is 2.31. The zero-order valence-electron chi connectivity index (χ0n) is 18.4. The van der Waals surface area contributed by atoms with Gasteiger partial charge in [-0.15, -0.1) is 0 Å². The number of anilines is 2. The van der Waals surface area contributed by atoms with Crippen LogP contribution in [0.1, 0.15) is 17.5 Å². The summed E-state index contributed by atoms with van der Waals surface area (Å²) in [7, 11) is 1.54. The molecule has 4 aromatic rings. The molecule has 1 aliphatic heterocycles. The number of hydrogen-bond donors (Lipinski definition) is 2. The highest BCUT2D eigenvalue weighted by Gasteiger charge is 2.14. The standard InChI is InChI=1S/C25H23N5O2S/c1-15-11-18(3-4-19(15)16-6-9-33-10-7-16)28-24-23-17(5-8-27-25(23)31)12-20(30-24)21-13-26-14-22(29-21)32-2/h3-6,8,11-14H,7,9-10H2,1-2H3,(H,27,31)(H,28,30). The Kier molecular flexibility index (Phi) is 5.83. The van der Waals surface area contributed by atoms with E-state index in [2.05, 4.69) is 45.4 Å². The number of hydrogen-bond acceptors (Lipinski definition) is 7. The second-order valence-electron chi connectivity index (χ2n) is 7.78. The van der Waals surface area contributed by atoms with Crippen LogP contribution in [0.25, 0.3) is 27.7 Å². The topological polar surface area (TPSA) is 92.8 Å². The SMILES string of the molecule is COc1cncc(-c2cc3cc[nH]c(=O)c3c(Nc3ccc(C4=CCSCC4)c(C)c3)n2)n1. The van der Waals surface area contributed by atoms with Crippen molar-refractivity contribution in [3.05, 3.63) is 76.5 Å². The number of aromatic amines is 1. The lowest BCUT2D eigenvalue weighted by atomic mass is 9.97. The van der Waals surface area contributed by atoms with Gasteiger partial charge < -0.3 is 15.0 Å². The van der Waals surface area contributed by atoms with Crippen molar-refractivity contribution in [1.82, 2.24) is 19.9 Å². The summed E-state index contributed by atoms with van der Waals surface area (Å²) in [5.74, 6) is 3.09. The van der Waals surface area contributed by atoms with Crippen LogP contribution >= 0.6 is 11.8 Å². The van der Waals surface area contributed by atoms with Crippen LogP contribution in [0.15, 0.2) is 59.8 Å². The van der Waals surface area contributed by atoms with Crippen molar-refractivity contribution in [2.75, 3.05) is 23.9 Å². The van der Waals surface area contributed by atoms with E-state index in [-0.39, 0.29) is 5.56 Å². The van der Waals surface area contributed by atoms with Gasteiger partial charge in [0.1, 0.15) is 11.5 Å². The lowest BCUT2D eigenvalue weighted by Crippen LogP contribution is -2.09. The Bertz CT molecular complexity index is 1430. The molecular formula is C25H23N5O2S. The number of benzene rings is 1. The van der Waals surface area contributed by atoms with Crippen LogP contribution in [0.5, 0.6) is 5.88 Å². The molecule has 0 atom stereocenters. The molecule has 33 heavy (non-hydrogen) atoms. The summed E-state index contributed by atoms with van der Waals surface area (Å²) < 4.78 is 5.21. The Morgan fingerprint density at radius 1 is 1.12 bits per heavy atom. The molecule has 3 aromatic heterocycles. The molecular weight excluding hydrogens is 434 g/mol. The number of nitrogens with one attached hydrogen (secondary N) is 2. The van der Waals surface area contributed by atoms with E-state index in [4.69, 9.17) is 9.72 Å². The molecule has 1 aliphatic rings. The smallest absolute Gasteiger partial charge is 0.259 e. The number of fused-ring (bicyclic) bond motifs is 1. The fraction of sp³-hybridized carbons (Fsp3) is 0.200. The van der Waals surface area contributed by atoms with Gasteiger partial charge in [-0.1, -0.05) is 12.1 Å². The van der Waals surface area contributed by atoms with Gasteiger partial charge in [-0.3, -0.25) is 9.78 Å². The van der Waals surface area contributed by atoms with Crippen LogP contribution < -0.4 is 15.6 Å². The highest BCUT2D eigenvalue weighted by molar-refractivity contribution is 7.99. The number of aromatic nitrogens is 4. The summed E-state index contributed by atoms with van der Waals surface area (Å²) in [4.78, 5) is 28.8. The molecule has 5 rings (SSSR count). The first-order valence-electron chi connectivity index (χ1n) is 10.7. The number of allylic oxidation sites excluding steroid dienone is 1. The molecule has 0 saturated heterocycles. The molecule has 0 radical (unpaired) electrons. The number of rotatable bonds is 5. The second kappa shape index (κ2) is 9.07. The number of thioether (sulfide) groups is 1. The third-order valence-corrected chi connectivity index (χ3v) is 6.53. The van der Waals surface area contributed by atoms with Crippen LogP contribution in [0.2, 0.25) is 0 Å². The minimum absolute atomic E-state index is 0.205. The van der Waals surface area contributed by atoms with Gasteiger partial charge in [0.05, 0.1) is 30.6 Å². The van der Waals surface area contributed by atoms with Crippen LogP contribution in [0.4, 0.5) is 11.5 Å². The average Bonchev–Trinajstić information content (AvgIpc) is 2.84. The zero-order chi connectivity index (χ0) is 22.8. The van der Waals surface area contributed by atoms with Crippen LogP contribution in [0.3, 0.4) is 0 Å². The first-order chi connectivity index (χ1) is 16.1. The summed E-state index contributed by atoms with van der Waals surface area (Å²) in [5.41, 5.74) is 5.69. The van der Waals surface area contributed by atoms with Gasteiger partial charge in [0.2, 0.25) is 5.88 Å². The summed E-state index contributed by atoms with van der Waals surface area (Å²) in [6.07, 6.45) is 8.20. The lowest BCUT2D eigenvalue weighted by molar-refractivity contribution is 0.396. The maximum atomic E-state index is 12.7. The first-order valence-corrected chi connectivity index (χ1v) is 11.8. The van der Waals surface area contributed by atoms with E-state index in [0.29, 0.717) is 28.5 Å². The van der Waals surface area contributed by atoms with Crippen molar-refractivity contribution in [3.63, 3.8) is 0 Å². The fourth-order valence-corrected chi connectivity index (χ4v) is 4.87. The quantitative estimate of drug-likeness (QED) is 0.437. The Morgan fingerprint density at radius 2 is 2.03 bits per heavy atom. The fourth-order valence-electron chi connectivity index (χ4n) is 4.02. The largest absolute Gasteiger partial charge is 0.480 e. The molecule has 0 unspecified atom stereocenters. The highest BCUT2D eigenvalue weighted by atomic mass is 32.2. The molecule has 0 fully saturated rings. The number of nitrogens with zero attached hydrogens (tertiary/aromatic N) is 3. The van der Waals surface area contributed by atoms with E-state index >= 15 is 0 Å². The van der Waals surface area contributed by atoms with Gasteiger partial charge in [0, 0.05) is 17.6 Å². The summed E-state index contributed by atoms with van der Waals surface area (Å²) in [5, 5.41) is 4.61. The molecule has 0 aliphatic carbocycles. The van der Waals surface area contributed by atoms with E-state index in [1.807, 2.05) is 30.0 Å². The predicted molar refractivity (Wildman–Crippen MR) is 134 cm³/mol. The lowest BCUT2D eigenvalue weighted by Gasteiger charge is -2.17. The van der Waals surface area contributed by atoms with Gasteiger partial charge in [-0.2, -0.15) is 11.8 Å². The summed E-state index contributed by atoms with van der Waals surface area (Å²) >= 11 is 1.96. The second-order valence-corrected chi connectivity index (χ2v) is 8.93. The summed E-state index contributed by atoms with van der Waals surface area (Å²) in [6, 6.07) is 9.96. The minimum atomic E-state index is -0.205. The Hall–Kier alpha value is -3.65. The number of methoxy groups -OCH3 is 1. The number of pyridine rings is 2. The van der Waals surface area contributed by atoms with Gasteiger partial charge in [0.15, 0.2) is 0 Å². The Balaban J connectivity index is 1.58. The predicted octanol–water partition coefficient (Wildman–Crippen LogP) is 4.96. The van der Waals surface area contributed by atoms with Crippen molar-refractivity contribution in [2.24, 2.45) is 0 Å². The molecule has 1 aromatic carbocycles. The normalized spacial score (nSPS) is 13.6. The van der Waals surface area contributed by atoms with Gasteiger partial charge >= 0.3 is 0 Å². The van der Waals surface area contributed by atoms with Crippen molar-refractivity contribution in [3.8, 4) is 17.3 Å². The zero-order valence-corrected chi connectivity index (χ0v) is 19.2. The summed E-state index contributed by atoms with van der Waals surface area (Å²) in [6.45, 7) is 2.11. The number of H-pyrrole nitrogens is 1. The van der Waals surface area contributed by atoms with Crippen LogP contribution in [0, 0.1) is 6.92 Å². The van der Waals surface area contributed by atoms with Crippen LogP contribution in [-0.4, -0.2) is 38.6 Å². The molecule has 4 heterocycles. The maximum Gasteiger partial charge on any atom is 0.259 e. The maximum absolute atomic E-state index is 12.7. The molecule has 0 spiro atoms. The third-order valence-electron chi connectivity index (χ3n) is 5.64. The molecule has 2 N–H and O–H groups in total. The molecule has 166 valence electrons. The number of aryl methyl sites for hydroxylation is 1. The van der Waals surface area contributed by atoms with E-state index < -0.39 is 0 Å². The van der Waals surface area contributed by atoms with E-state index in [1.54, 1.807) is 25.7 Å². The minimum Gasteiger partial charge on any atom is -0.480 e. The monoisotopic (exact) mass is 457 g/mol. The molecule has 7 nitrogen and oxygen atoms in total. The van der Waals surface area contributed by atoms with Crippen molar-refractivity contribution >= 4 is 39.6 Å². The average molecular weight is 458 g/mol. The van der Waals surface area contributed by atoms with E-state index in [1.165, 1.54) is 16.7 Å². The molecule has 0 saturated carbocycles. The molecule has 0 amide bonds.